The zero-order valence-corrected chi connectivity index (χ0v) is 10.9. The normalized spacial score (nSPS) is 22.2. The van der Waals surface area contributed by atoms with Gasteiger partial charge in [-0.3, -0.25) is 0 Å². The van der Waals surface area contributed by atoms with Crippen LogP contribution in [0.5, 0.6) is 0 Å². The molecule has 0 aromatic carbocycles. The van der Waals surface area contributed by atoms with Crippen molar-refractivity contribution in [2.24, 2.45) is 5.92 Å². The van der Waals surface area contributed by atoms with Gasteiger partial charge in [0.15, 0.2) is 0 Å². The number of nitrogens with two attached hydrogens (primary N) is 1. The van der Waals surface area contributed by atoms with E-state index in [-0.39, 0.29) is 5.41 Å². The second-order valence-electron chi connectivity index (χ2n) is 6.43. The van der Waals surface area contributed by atoms with Gasteiger partial charge in [-0.15, -0.1) is 0 Å². The first-order valence-corrected chi connectivity index (χ1v) is 6.85. The lowest BCUT2D eigenvalue weighted by Gasteiger charge is -2.32. The highest BCUT2D eigenvalue weighted by molar-refractivity contribution is 5.46. The highest BCUT2D eigenvalue weighted by Crippen LogP contribution is 2.39. The Hall–Kier alpha value is -1.05. The maximum absolute atomic E-state index is 6.13. The summed E-state index contributed by atoms with van der Waals surface area (Å²) in [6.45, 7) is 4.58. The fourth-order valence-corrected chi connectivity index (χ4v) is 3.03. The van der Waals surface area contributed by atoms with Crippen LogP contribution in [0.25, 0.3) is 0 Å². The summed E-state index contributed by atoms with van der Waals surface area (Å²) in [6.07, 6.45) is 7.60. The molecule has 0 saturated heterocycles. The van der Waals surface area contributed by atoms with Crippen LogP contribution in [-0.2, 0) is 18.3 Å². The minimum atomic E-state index is 0.208. The molecule has 1 aromatic rings. The van der Waals surface area contributed by atoms with E-state index >= 15 is 0 Å². The number of nitrogens with zero attached hydrogens (tertiary/aromatic N) is 1. The maximum Gasteiger partial charge on any atom is 0.126 e. The molecular weight excluding hydrogens is 208 g/mol. The Morgan fingerprint density at radius 2 is 2.18 bits per heavy atom. The summed E-state index contributed by atoms with van der Waals surface area (Å²) in [6, 6.07) is 2.34. The SMILES string of the molecule is CC1(C)CCCc2cc(CC3CC3)c(N)nc21. The number of aryl methyl sites for hydroxylation is 1. The van der Waals surface area contributed by atoms with Gasteiger partial charge >= 0.3 is 0 Å². The summed E-state index contributed by atoms with van der Waals surface area (Å²) in [5.41, 5.74) is 10.3. The average Bonchev–Trinajstić information content (AvgIpc) is 3.04. The molecule has 0 atom stereocenters. The van der Waals surface area contributed by atoms with E-state index in [1.807, 2.05) is 0 Å². The quantitative estimate of drug-likeness (QED) is 0.847. The van der Waals surface area contributed by atoms with Crippen LogP contribution in [0.15, 0.2) is 6.07 Å². The number of fused-ring (bicyclic) bond motifs is 1. The van der Waals surface area contributed by atoms with Crippen molar-refractivity contribution < 1.29 is 0 Å². The molecule has 0 aliphatic heterocycles. The van der Waals surface area contributed by atoms with Gasteiger partial charge in [0.05, 0.1) is 5.69 Å². The molecular formula is C15H22N2. The molecule has 2 heteroatoms. The molecule has 0 bridgehead atoms. The standard InChI is InChI=1S/C15H22N2/c1-15(2)7-3-4-11-9-12(8-10-5-6-10)14(16)17-13(11)15/h9-10H,3-8H2,1-2H3,(H2,16,17). The predicted octanol–water partition coefficient (Wildman–Crippen LogP) is 3.23. The van der Waals surface area contributed by atoms with Crippen LogP contribution in [0.2, 0.25) is 0 Å². The van der Waals surface area contributed by atoms with E-state index in [9.17, 15) is 0 Å². The van der Waals surface area contributed by atoms with Crippen LogP contribution in [0.4, 0.5) is 5.82 Å². The largest absolute Gasteiger partial charge is 0.383 e. The second-order valence-corrected chi connectivity index (χ2v) is 6.43. The molecule has 1 aromatic heterocycles. The number of anilines is 1. The van der Waals surface area contributed by atoms with Gasteiger partial charge in [0, 0.05) is 5.41 Å². The molecule has 2 N–H and O–H groups in total. The highest BCUT2D eigenvalue weighted by atomic mass is 14.9. The summed E-state index contributed by atoms with van der Waals surface area (Å²) in [5, 5.41) is 0. The van der Waals surface area contributed by atoms with Crippen molar-refractivity contribution in [2.75, 3.05) is 5.73 Å². The Morgan fingerprint density at radius 3 is 2.88 bits per heavy atom. The van der Waals surface area contributed by atoms with Gasteiger partial charge in [0.25, 0.3) is 0 Å². The third-order valence-corrected chi connectivity index (χ3v) is 4.31. The van der Waals surface area contributed by atoms with Crippen molar-refractivity contribution >= 4 is 5.82 Å². The van der Waals surface area contributed by atoms with E-state index in [1.54, 1.807) is 0 Å². The number of hydrogen-bond donors (Lipinski definition) is 1. The van der Waals surface area contributed by atoms with Crippen molar-refractivity contribution in [1.82, 2.24) is 4.98 Å². The van der Waals surface area contributed by atoms with Crippen LogP contribution in [-0.4, -0.2) is 4.98 Å². The van der Waals surface area contributed by atoms with Crippen LogP contribution >= 0.6 is 0 Å². The fourth-order valence-electron chi connectivity index (χ4n) is 3.03. The average molecular weight is 230 g/mol. The first kappa shape index (κ1) is 11.1. The third-order valence-electron chi connectivity index (χ3n) is 4.31. The van der Waals surface area contributed by atoms with E-state index in [0.717, 1.165) is 18.2 Å². The highest BCUT2D eigenvalue weighted by Gasteiger charge is 2.30. The fraction of sp³-hybridized carbons (Fsp3) is 0.667. The lowest BCUT2D eigenvalue weighted by molar-refractivity contribution is 0.418. The number of rotatable bonds is 2. The summed E-state index contributed by atoms with van der Waals surface area (Å²) in [7, 11) is 0. The topological polar surface area (TPSA) is 38.9 Å². The molecule has 0 spiro atoms. The van der Waals surface area contributed by atoms with Crippen LogP contribution < -0.4 is 5.73 Å². The summed E-state index contributed by atoms with van der Waals surface area (Å²) in [5.74, 6) is 1.67. The zero-order chi connectivity index (χ0) is 12.0. The molecule has 1 fully saturated rings. The van der Waals surface area contributed by atoms with Crippen molar-refractivity contribution in [1.29, 1.82) is 0 Å². The molecule has 1 saturated carbocycles. The van der Waals surface area contributed by atoms with E-state index in [4.69, 9.17) is 10.7 Å². The molecule has 0 unspecified atom stereocenters. The van der Waals surface area contributed by atoms with Crippen molar-refractivity contribution in [3.05, 3.63) is 22.9 Å². The molecule has 17 heavy (non-hydrogen) atoms. The van der Waals surface area contributed by atoms with Crippen LogP contribution in [0.1, 0.15) is 56.4 Å². The van der Waals surface area contributed by atoms with E-state index in [0.29, 0.717) is 0 Å². The van der Waals surface area contributed by atoms with Gasteiger partial charge in [0.1, 0.15) is 5.82 Å². The Kier molecular flexibility index (Phi) is 2.42. The van der Waals surface area contributed by atoms with Gasteiger partial charge in [0.2, 0.25) is 0 Å². The van der Waals surface area contributed by atoms with Gasteiger partial charge in [-0.1, -0.05) is 19.9 Å². The Morgan fingerprint density at radius 1 is 1.41 bits per heavy atom. The van der Waals surface area contributed by atoms with Crippen LogP contribution in [0, 0.1) is 5.92 Å². The number of pyridine rings is 1. The molecule has 92 valence electrons. The van der Waals surface area contributed by atoms with Crippen LogP contribution in [0.3, 0.4) is 0 Å². The summed E-state index contributed by atoms with van der Waals surface area (Å²) >= 11 is 0. The van der Waals surface area contributed by atoms with Gasteiger partial charge in [-0.05, 0) is 55.6 Å². The van der Waals surface area contributed by atoms with Crippen molar-refractivity contribution in [3.8, 4) is 0 Å². The smallest absolute Gasteiger partial charge is 0.126 e. The third kappa shape index (κ3) is 2.05. The Bertz CT molecular complexity index is 444. The molecule has 3 rings (SSSR count). The number of nitrogen functional groups attached to an aromatic ring is 1. The maximum atomic E-state index is 6.13. The molecule has 0 radical (unpaired) electrons. The zero-order valence-electron chi connectivity index (χ0n) is 10.9. The van der Waals surface area contributed by atoms with Crippen molar-refractivity contribution in [2.45, 2.75) is 57.8 Å². The summed E-state index contributed by atoms with van der Waals surface area (Å²) < 4.78 is 0. The van der Waals surface area contributed by atoms with E-state index in [2.05, 4.69) is 19.9 Å². The van der Waals surface area contributed by atoms with E-state index in [1.165, 1.54) is 48.9 Å². The lowest BCUT2D eigenvalue weighted by Crippen LogP contribution is -2.26. The molecule has 2 nitrogen and oxygen atoms in total. The predicted molar refractivity (Wildman–Crippen MR) is 71.0 cm³/mol. The van der Waals surface area contributed by atoms with E-state index < -0.39 is 0 Å². The minimum Gasteiger partial charge on any atom is -0.383 e. The number of aromatic nitrogens is 1. The Labute approximate surface area is 104 Å². The lowest BCUT2D eigenvalue weighted by atomic mass is 9.75. The first-order valence-electron chi connectivity index (χ1n) is 6.85. The molecule has 1 heterocycles. The summed E-state index contributed by atoms with van der Waals surface area (Å²) in [4.78, 5) is 4.73. The minimum absolute atomic E-state index is 0.208. The molecule has 0 amide bonds. The monoisotopic (exact) mass is 230 g/mol. The van der Waals surface area contributed by atoms with Gasteiger partial charge < -0.3 is 5.73 Å². The number of hydrogen-bond acceptors (Lipinski definition) is 2. The Balaban J connectivity index is 1.99. The first-order chi connectivity index (χ1) is 8.06. The van der Waals surface area contributed by atoms with Gasteiger partial charge in [-0.2, -0.15) is 0 Å². The van der Waals surface area contributed by atoms with Gasteiger partial charge in [-0.25, -0.2) is 4.98 Å². The molecule has 2 aliphatic rings. The molecule has 2 aliphatic carbocycles. The van der Waals surface area contributed by atoms with Crippen molar-refractivity contribution in [3.63, 3.8) is 0 Å². The second kappa shape index (κ2) is 3.72.